The Bertz CT molecular complexity index is 126. The first-order valence-electron chi connectivity index (χ1n) is 5.79. The molecule has 0 nitrogen and oxygen atoms in total. The van der Waals surface area contributed by atoms with Gasteiger partial charge in [-0.3, -0.25) is 0 Å². The highest BCUT2D eigenvalue weighted by Gasteiger charge is 2.29. The molecule has 0 aromatic carbocycles. The molecule has 0 bridgehead atoms. The SMILES string of the molecule is CCCC(CBr)(CBr)CC(CC)CC. The second-order valence-corrected chi connectivity index (χ2v) is 5.53. The maximum atomic E-state index is 3.69. The summed E-state index contributed by atoms with van der Waals surface area (Å²) in [4.78, 5) is 0. The van der Waals surface area contributed by atoms with Crippen molar-refractivity contribution in [3.05, 3.63) is 0 Å². The molecule has 0 fully saturated rings. The minimum atomic E-state index is 0.492. The standard InChI is InChI=1S/C12H24Br2/c1-4-7-12(9-13,10-14)8-11(5-2)6-3/h11H,4-10H2,1-3H3. The second kappa shape index (κ2) is 8.15. The first-order valence-corrected chi connectivity index (χ1v) is 8.04. The summed E-state index contributed by atoms with van der Waals surface area (Å²) in [6, 6.07) is 0. The van der Waals surface area contributed by atoms with Crippen molar-refractivity contribution < 1.29 is 0 Å². The highest BCUT2D eigenvalue weighted by atomic mass is 79.9. The molecule has 0 atom stereocenters. The van der Waals surface area contributed by atoms with E-state index >= 15 is 0 Å². The van der Waals surface area contributed by atoms with Gasteiger partial charge in [-0.15, -0.1) is 0 Å². The average molecular weight is 328 g/mol. The Labute approximate surface area is 106 Å². The van der Waals surface area contributed by atoms with Crippen LogP contribution in [0.3, 0.4) is 0 Å². The topological polar surface area (TPSA) is 0 Å². The lowest BCUT2D eigenvalue weighted by Gasteiger charge is -2.33. The molecule has 0 aromatic rings. The molecule has 0 aliphatic heterocycles. The van der Waals surface area contributed by atoms with Crippen LogP contribution >= 0.6 is 31.9 Å². The van der Waals surface area contributed by atoms with Gasteiger partial charge in [0.05, 0.1) is 0 Å². The quantitative estimate of drug-likeness (QED) is 0.524. The van der Waals surface area contributed by atoms with Crippen molar-refractivity contribution in [2.24, 2.45) is 11.3 Å². The molecule has 0 aromatic heterocycles. The molecule has 86 valence electrons. The first-order chi connectivity index (χ1) is 6.67. The minimum absolute atomic E-state index is 0.492. The molecule has 2 heteroatoms. The Morgan fingerprint density at radius 1 is 1.00 bits per heavy atom. The van der Waals surface area contributed by atoms with Gasteiger partial charge in [-0.25, -0.2) is 0 Å². The lowest BCUT2D eigenvalue weighted by Crippen LogP contribution is -2.27. The molecule has 0 amide bonds. The fourth-order valence-electron chi connectivity index (χ4n) is 2.10. The van der Waals surface area contributed by atoms with Crippen LogP contribution in [0.5, 0.6) is 0 Å². The van der Waals surface area contributed by atoms with Crippen LogP contribution in [0.4, 0.5) is 0 Å². The van der Waals surface area contributed by atoms with Gasteiger partial charge in [0, 0.05) is 10.7 Å². The summed E-state index contributed by atoms with van der Waals surface area (Å²) in [5.74, 6) is 0.900. The maximum Gasteiger partial charge on any atom is 0.00960 e. The van der Waals surface area contributed by atoms with Crippen molar-refractivity contribution in [3.63, 3.8) is 0 Å². The summed E-state index contributed by atoms with van der Waals surface area (Å²) in [7, 11) is 0. The van der Waals surface area contributed by atoms with E-state index in [1.807, 2.05) is 0 Å². The highest BCUT2D eigenvalue weighted by Crippen LogP contribution is 2.37. The van der Waals surface area contributed by atoms with E-state index in [2.05, 4.69) is 52.6 Å². The molecule has 0 radical (unpaired) electrons. The first kappa shape index (κ1) is 15.0. The number of hydrogen-bond acceptors (Lipinski definition) is 0. The number of halogens is 2. The summed E-state index contributed by atoms with van der Waals surface area (Å²) in [6.07, 6.45) is 6.63. The Kier molecular flexibility index (Phi) is 8.71. The monoisotopic (exact) mass is 326 g/mol. The van der Waals surface area contributed by atoms with Crippen LogP contribution in [0.1, 0.15) is 52.9 Å². The maximum absolute atomic E-state index is 3.69. The lowest BCUT2D eigenvalue weighted by molar-refractivity contribution is 0.252. The normalized spacial score (nSPS) is 12.4. The molecular formula is C12H24Br2. The third-order valence-electron chi connectivity index (χ3n) is 3.22. The molecule has 0 saturated carbocycles. The van der Waals surface area contributed by atoms with E-state index in [9.17, 15) is 0 Å². The van der Waals surface area contributed by atoms with E-state index in [0.29, 0.717) is 5.41 Å². The zero-order chi connectivity index (χ0) is 11.0. The van der Waals surface area contributed by atoms with Crippen LogP contribution < -0.4 is 0 Å². The molecule has 0 N–H and O–H groups in total. The van der Waals surface area contributed by atoms with E-state index in [0.717, 1.165) is 16.6 Å². The van der Waals surface area contributed by atoms with Gasteiger partial charge in [0.1, 0.15) is 0 Å². The van der Waals surface area contributed by atoms with E-state index in [1.165, 1.54) is 32.1 Å². The van der Waals surface area contributed by atoms with Crippen molar-refractivity contribution in [1.29, 1.82) is 0 Å². The largest absolute Gasteiger partial charge is 0.0922 e. The van der Waals surface area contributed by atoms with Gasteiger partial charge in [0.25, 0.3) is 0 Å². The Morgan fingerprint density at radius 3 is 1.79 bits per heavy atom. The minimum Gasteiger partial charge on any atom is -0.0922 e. The average Bonchev–Trinajstić information content (AvgIpc) is 2.24. The van der Waals surface area contributed by atoms with Crippen molar-refractivity contribution in [2.75, 3.05) is 10.7 Å². The predicted molar refractivity (Wildman–Crippen MR) is 73.6 cm³/mol. The van der Waals surface area contributed by atoms with Gasteiger partial charge in [0.2, 0.25) is 0 Å². The lowest BCUT2D eigenvalue weighted by atomic mass is 9.77. The van der Waals surface area contributed by atoms with Gasteiger partial charge < -0.3 is 0 Å². The zero-order valence-electron chi connectivity index (χ0n) is 9.78. The molecule has 0 aliphatic carbocycles. The summed E-state index contributed by atoms with van der Waals surface area (Å²) >= 11 is 7.38. The molecule has 0 saturated heterocycles. The van der Waals surface area contributed by atoms with Gasteiger partial charge in [-0.05, 0) is 24.2 Å². The summed E-state index contributed by atoms with van der Waals surface area (Å²) in [5.41, 5.74) is 0.492. The second-order valence-electron chi connectivity index (χ2n) is 4.40. The van der Waals surface area contributed by atoms with Crippen LogP contribution in [0.15, 0.2) is 0 Å². The van der Waals surface area contributed by atoms with Crippen molar-refractivity contribution in [3.8, 4) is 0 Å². The van der Waals surface area contributed by atoms with Crippen molar-refractivity contribution >= 4 is 31.9 Å². The van der Waals surface area contributed by atoms with Crippen LogP contribution in [0, 0.1) is 11.3 Å². The molecule has 0 rings (SSSR count). The molecule has 0 spiro atoms. The Balaban J connectivity index is 4.31. The molecule has 0 heterocycles. The summed E-state index contributed by atoms with van der Waals surface area (Å²) in [6.45, 7) is 6.91. The number of alkyl halides is 2. The number of rotatable bonds is 8. The molecule has 0 unspecified atom stereocenters. The van der Waals surface area contributed by atoms with E-state index in [-0.39, 0.29) is 0 Å². The summed E-state index contributed by atoms with van der Waals surface area (Å²) in [5, 5.41) is 2.27. The number of hydrogen-bond donors (Lipinski definition) is 0. The van der Waals surface area contributed by atoms with Crippen LogP contribution in [0.25, 0.3) is 0 Å². The fourth-order valence-corrected chi connectivity index (χ4v) is 4.05. The molecular weight excluding hydrogens is 304 g/mol. The van der Waals surface area contributed by atoms with Crippen LogP contribution in [-0.4, -0.2) is 10.7 Å². The van der Waals surface area contributed by atoms with Gasteiger partial charge in [0.15, 0.2) is 0 Å². The summed E-state index contributed by atoms with van der Waals surface area (Å²) < 4.78 is 0. The zero-order valence-corrected chi connectivity index (χ0v) is 13.0. The van der Waals surface area contributed by atoms with Crippen molar-refractivity contribution in [1.82, 2.24) is 0 Å². The predicted octanol–water partition coefficient (Wildman–Crippen LogP) is 5.39. The highest BCUT2D eigenvalue weighted by molar-refractivity contribution is 9.09. The van der Waals surface area contributed by atoms with Crippen LogP contribution in [-0.2, 0) is 0 Å². The van der Waals surface area contributed by atoms with E-state index < -0.39 is 0 Å². The smallest absolute Gasteiger partial charge is 0.00960 e. The van der Waals surface area contributed by atoms with Gasteiger partial charge in [-0.2, -0.15) is 0 Å². The fraction of sp³-hybridized carbons (Fsp3) is 1.00. The van der Waals surface area contributed by atoms with E-state index in [4.69, 9.17) is 0 Å². The van der Waals surface area contributed by atoms with Crippen molar-refractivity contribution in [2.45, 2.75) is 52.9 Å². The van der Waals surface area contributed by atoms with E-state index in [1.54, 1.807) is 0 Å². The third-order valence-corrected chi connectivity index (χ3v) is 5.60. The van der Waals surface area contributed by atoms with Gasteiger partial charge in [-0.1, -0.05) is 71.9 Å². The molecule has 0 aliphatic rings. The van der Waals surface area contributed by atoms with Gasteiger partial charge >= 0.3 is 0 Å². The Morgan fingerprint density at radius 2 is 1.50 bits per heavy atom. The molecule has 14 heavy (non-hydrogen) atoms. The third kappa shape index (κ3) is 4.65. The Hall–Kier alpha value is 0.960. The van der Waals surface area contributed by atoms with Crippen LogP contribution in [0.2, 0.25) is 0 Å².